The maximum Gasteiger partial charge on any atom is 0.293 e. The van der Waals surface area contributed by atoms with Crippen LogP contribution in [0.3, 0.4) is 0 Å². The third-order valence-corrected chi connectivity index (χ3v) is 6.67. The second-order valence-corrected chi connectivity index (χ2v) is 9.22. The van der Waals surface area contributed by atoms with Gasteiger partial charge in [0.25, 0.3) is 6.47 Å². The zero-order valence-electron chi connectivity index (χ0n) is 17.0. The van der Waals surface area contributed by atoms with Gasteiger partial charge in [0.2, 0.25) is 5.75 Å². The molecular formula is C23H34O5. The predicted octanol–water partition coefficient (Wildman–Crippen LogP) is 5.12. The SMILES string of the molecule is CC1(CCCCCc2cc(CCCCC3(OC=O)CC3)c(O)c(O)c2O)CC1. The third-order valence-electron chi connectivity index (χ3n) is 6.67. The Hall–Kier alpha value is -1.91. The van der Waals surface area contributed by atoms with Gasteiger partial charge in [-0.05, 0) is 93.2 Å². The Labute approximate surface area is 167 Å². The molecule has 2 aliphatic rings. The van der Waals surface area contributed by atoms with Crippen molar-refractivity contribution in [3.63, 3.8) is 0 Å². The van der Waals surface area contributed by atoms with Crippen molar-refractivity contribution in [2.24, 2.45) is 5.41 Å². The summed E-state index contributed by atoms with van der Waals surface area (Å²) in [5.41, 5.74) is 1.73. The smallest absolute Gasteiger partial charge is 0.293 e. The van der Waals surface area contributed by atoms with Crippen molar-refractivity contribution in [2.45, 2.75) is 96.0 Å². The Morgan fingerprint density at radius 1 is 0.857 bits per heavy atom. The first-order valence-electron chi connectivity index (χ1n) is 10.8. The maximum absolute atomic E-state index is 10.5. The van der Waals surface area contributed by atoms with E-state index in [9.17, 15) is 20.1 Å². The van der Waals surface area contributed by atoms with Crippen LogP contribution in [0, 0.1) is 5.41 Å². The molecule has 156 valence electrons. The number of unbranched alkanes of at least 4 members (excludes halogenated alkanes) is 3. The van der Waals surface area contributed by atoms with Crippen LogP contribution < -0.4 is 0 Å². The lowest BCUT2D eigenvalue weighted by molar-refractivity contribution is -0.135. The average molecular weight is 391 g/mol. The molecule has 0 radical (unpaired) electrons. The van der Waals surface area contributed by atoms with Gasteiger partial charge in [-0.15, -0.1) is 0 Å². The van der Waals surface area contributed by atoms with E-state index in [1.54, 1.807) is 0 Å². The first-order valence-corrected chi connectivity index (χ1v) is 10.8. The number of aromatic hydroxyl groups is 3. The molecule has 28 heavy (non-hydrogen) atoms. The Morgan fingerprint density at radius 2 is 1.43 bits per heavy atom. The Kier molecular flexibility index (Phi) is 6.41. The van der Waals surface area contributed by atoms with Gasteiger partial charge in [0.1, 0.15) is 5.60 Å². The summed E-state index contributed by atoms with van der Waals surface area (Å²) in [6.07, 6.45) is 13.0. The molecule has 5 nitrogen and oxygen atoms in total. The minimum atomic E-state index is -0.402. The van der Waals surface area contributed by atoms with Crippen LogP contribution in [0.15, 0.2) is 6.07 Å². The van der Waals surface area contributed by atoms with E-state index >= 15 is 0 Å². The van der Waals surface area contributed by atoms with Crippen molar-refractivity contribution in [1.82, 2.24) is 0 Å². The number of phenols is 3. The molecule has 0 unspecified atom stereocenters. The normalized spacial score (nSPS) is 18.6. The lowest BCUT2D eigenvalue weighted by Crippen LogP contribution is -2.12. The maximum atomic E-state index is 10.5. The summed E-state index contributed by atoms with van der Waals surface area (Å²) in [6.45, 7) is 2.88. The molecule has 5 heteroatoms. The Balaban J connectivity index is 1.47. The van der Waals surface area contributed by atoms with E-state index in [0.717, 1.165) is 44.9 Å². The van der Waals surface area contributed by atoms with Crippen molar-refractivity contribution in [1.29, 1.82) is 0 Å². The summed E-state index contributed by atoms with van der Waals surface area (Å²) < 4.78 is 5.16. The summed E-state index contributed by atoms with van der Waals surface area (Å²) in [5.74, 6) is -0.805. The van der Waals surface area contributed by atoms with E-state index in [1.165, 1.54) is 25.7 Å². The lowest BCUT2D eigenvalue weighted by atomic mass is 9.96. The fourth-order valence-corrected chi connectivity index (χ4v) is 4.08. The minimum absolute atomic E-state index is 0.188. The summed E-state index contributed by atoms with van der Waals surface area (Å²) in [4.78, 5) is 10.5. The molecule has 0 bridgehead atoms. The van der Waals surface area contributed by atoms with Gasteiger partial charge in [-0.3, -0.25) is 4.79 Å². The number of ether oxygens (including phenoxy) is 1. The number of benzene rings is 1. The quantitative estimate of drug-likeness (QED) is 0.247. The number of aryl methyl sites for hydroxylation is 2. The van der Waals surface area contributed by atoms with Crippen molar-refractivity contribution in [3.05, 3.63) is 17.2 Å². The number of hydrogen-bond acceptors (Lipinski definition) is 5. The lowest BCUT2D eigenvalue weighted by Gasteiger charge is -2.14. The monoisotopic (exact) mass is 390 g/mol. The van der Waals surface area contributed by atoms with Crippen LogP contribution in [-0.4, -0.2) is 27.4 Å². The highest BCUT2D eigenvalue weighted by Gasteiger charge is 2.44. The summed E-state index contributed by atoms with van der Waals surface area (Å²) in [5, 5.41) is 30.5. The van der Waals surface area contributed by atoms with Gasteiger partial charge in [0.15, 0.2) is 11.5 Å². The number of phenolic OH excluding ortho intramolecular Hbond substituents is 3. The van der Waals surface area contributed by atoms with Gasteiger partial charge in [-0.25, -0.2) is 0 Å². The number of carbonyl (C=O) groups excluding carboxylic acids is 1. The first-order chi connectivity index (χ1) is 13.4. The van der Waals surface area contributed by atoms with Crippen LogP contribution in [0.4, 0.5) is 0 Å². The van der Waals surface area contributed by atoms with E-state index in [0.29, 0.717) is 35.9 Å². The van der Waals surface area contributed by atoms with Crippen LogP contribution in [-0.2, 0) is 22.4 Å². The number of rotatable bonds is 13. The van der Waals surface area contributed by atoms with E-state index < -0.39 is 5.75 Å². The highest BCUT2D eigenvalue weighted by Crippen LogP contribution is 2.49. The first kappa shape index (κ1) is 20.8. The van der Waals surface area contributed by atoms with Crippen LogP contribution in [0.25, 0.3) is 0 Å². The summed E-state index contributed by atoms with van der Waals surface area (Å²) in [6, 6.07) is 1.83. The van der Waals surface area contributed by atoms with Crippen LogP contribution in [0.2, 0.25) is 0 Å². The molecule has 0 heterocycles. The topological polar surface area (TPSA) is 87.0 Å². The standard InChI is InChI=1S/C23H34O5/c1-22(11-12-22)9-5-2-3-7-17-15-18(20(26)21(27)19(17)25)8-4-6-10-23(13-14-23)28-16-24/h15-16,25-27H,2-14H2,1H3. The zero-order chi connectivity index (χ0) is 20.2. The van der Waals surface area contributed by atoms with Gasteiger partial charge in [0, 0.05) is 0 Å². The summed E-state index contributed by atoms with van der Waals surface area (Å²) >= 11 is 0. The fraction of sp³-hybridized carbons (Fsp3) is 0.696. The van der Waals surface area contributed by atoms with Crippen molar-refractivity contribution < 1.29 is 24.9 Å². The molecular weight excluding hydrogens is 356 g/mol. The molecule has 2 saturated carbocycles. The van der Waals surface area contributed by atoms with E-state index in [4.69, 9.17) is 4.74 Å². The van der Waals surface area contributed by atoms with Crippen LogP contribution in [0.5, 0.6) is 17.2 Å². The molecule has 2 aliphatic carbocycles. The Morgan fingerprint density at radius 3 is 1.96 bits per heavy atom. The second-order valence-electron chi connectivity index (χ2n) is 9.22. The number of hydrogen-bond donors (Lipinski definition) is 3. The van der Waals surface area contributed by atoms with Gasteiger partial charge in [-0.1, -0.05) is 19.8 Å². The summed E-state index contributed by atoms with van der Waals surface area (Å²) in [7, 11) is 0. The van der Waals surface area contributed by atoms with Crippen molar-refractivity contribution >= 4 is 6.47 Å². The largest absolute Gasteiger partial charge is 0.504 e. The van der Waals surface area contributed by atoms with Gasteiger partial charge in [-0.2, -0.15) is 0 Å². The van der Waals surface area contributed by atoms with Crippen LogP contribution >= 0.6 is 0 Å². The molecule has 0 atom stereocenters. The molecule has 0 aliphatic heterocycles. The Bertz CT molecular complexity index is 689. The molecule has 0 spiro atoms. The second kappa shape index (κ2) is 8.62. The highest BCUT2D eigenvalue weighted by molar-refractivity contribution is 5.57. The van der Waals surface area contributed by atoms with Gasteiger partial charge < -0.3 is 20.1 Å². The molecule has 0 amide bonds. The molecule has 0 aromatic heterocycles. The van der Waals surface area contributed by atoms with E-state index in [-0.39, 0.29) is 17.1 Å². The highest BCUT2D eigenvalue weighted by atomic mass is 16.5. The van der Waals surface area contributed by atoms with Crippen molar-refractivity contribution in [2.75, 3.05) is 0 Å². The average Bonchev–Trinajstić information content (AvgIpc) is 3.59. The van der Waals surface area contributed by atoms with Gasteiger partial charge in [0.05, 0.1) is 0 Å². The van der Waals surface area contributed by atoms with Crippen molar-refractivity contribution in [3.8, 4) is 17.2 Å². The molecule has 3 N–H and O–H groups in total. The minimum Gasteiger partial charge on any atom is -0.504 e. The molecule has 1 aromatic rings. The molecule has 2 fully saturated rings. The zero-order valence-corrected chi connectivity index (χ0v) is 17.0. The molecule has 3 rings (SSSR count). The molecule has 1 aromatic carbocycles. The van der Waals surface area contributed by atoms with E-state index in [2.05, 4.69) is 6.92 Å². The fourth-order valence-electron chi connectivity index (χ4n) is 4.08. The molecule has 0 saturated heterocycles. The number of carbonyl (C=O) groups is 1. The van der Waals surface area contributed by atoms with Gasteiger partial charge >= 0.3 is 0 Å². The van der Waals surface area contributed by atoms with Crippen LogP contribution in [0.1, 0.15) is 88.7 Å². The third kappa shape index (κ3) is 5.33. The predicted molar refractivity (Wildman–Crippen MR) is 108 cm³/mol. The van der Waals surface area contributed by atoms with E-state index in [1.807, 2.05) is 6.07 Å².